The molecular weight excluding hydrogens is 218 g/mol. The molecule has 1 rings (SSSR count). The lowest BCUT2D eigenvalue weighted by Gasteiger charge is -2.03. The lowest BCUT2D eigenvalue weighted by atomic mass is 10.2. The zero-order valence-corrected chi connectivity index (χ0v) is 11.1. The Hall–Kier alpha value is -0.830. The van der Waals surface area contributed by atoms with Crippen LogP contribution in [-0.4, -0.2) is 16.5 Å². The van der Waals surface area contributed by atoms with Gasteiger partial charge in [0, 0.05) is 12.1 Å². The van der Waals surface area contributed by atoms with E-state index in [1.807, 2.05) is 6.92 Å². The summed E-state index contributed by atoms with van der Waals surface area (Å²) in [6.07, 6.45) is 2.78. The lowest BCUT2D eigenvalue weighted by Crippen LogP contribution is -1.91. The second-order valence-electron chi connectivity index (χ2n) is 4.13. The van der Waals surface area contributed by atoms with E-state index < -0.39 is 0 Å². The predicted octanol–water partition coefficient (Wildman–Crippen LogP) is 3.55. The summed E-state index contributed by atoms with van der Waals surface area (Å²) < 4.78 is 0. The molecule has 0 atom stereocenters. The Balaban J connectivity index is 2.29. The van der Waals surface area contributed by atoms with Crippen LogP contribution < -0.4 is 0 Å². The van der Waals surface area contributed by atoms with Crippen LogP contribution in [0.3, 0.4) is 0 Å². The average Bonchev–Trinajstić information content (AvgIpc) is 2.15. The summed E-state index contributed by atoms with van der Waals surface area (Å²) in [5.74, 6) is 1.33. The van der Waals surface area contributed by atoms with Gasteiger partial charge in [0.2, 0.25) is 0 Å². The fourth-order valence-corrected chi connectivity index (χ4v) is 2.57. The predicted molar refractivity (Wildman–Crippen MR) is 69.0 cm³/mol. The maximum atomic E-state index is 10.7. The van der Waals surface area contributed by atoms with E-state index in [0.717, 1.165) is 29.3 Å². The standard InChI is InChI=1S/C13H19NOS/c1-10-8-11(2)14-13(9-10)16-7-5-4-6-12(3)15/h8-9H,4-7H2,1-3H3. The normalized spacial score (nSPS) is 10.4. The zero-order chi connectivity index (χ0) is 12.0. The van der Waals surface area contributed by atoms with Crippen LogP contribution in [0.2, 0.25) is 0 Å². The molecule has 2 nitrogen and oxygen atoms in total. The summed E-state index contributed by atoms with van der Waals surface area (Å²) >= 11 is 1.78. The Bertz CT molecular complexity index is 343. The summed E-state index contributed by atoms with van der Waals surface area (Å²) in [5.41, 5.74) is 2.34. The van der Waals surface area contributed by atoms with Gasteiger partial charge in [-0.25, -0.2) is 4.98 Å². The highest BCUT2D eigenvalue weighted by molar-refractivity contribution is 7.99. The van der Waals surface area contributed by atoms with E-state index in [1.165, 1.54) is 5.56 Å². The van der Waals surface area contributed by atoms with E-state index in [2.05, 4.69) is 24.0 Å². The highest BCUT2D eigenvalue weighted by Gasteiger charge is 1.99. The molecular formula is C13H19NOS. The number of aromatic nitrogens is 1. The fourth-order valence-electron chi connectivity index (χ4n) is 1.53. The third-order valence-electron chi connectivity index (χ3n) is 2.25. The highest BCUT2D eigenvalue weighted by Crippen LogP contribution is 2.19. The summed E-state index contributed by atoms with van der Waals surface area (Å²) in [5, 5.41) is 1.10. The Labute approximate surface area is 102 Å². The van der Waals surface area contributed by atoms with Crippen LogP contribution >= 0.6 is 11.8 Å². The second-order valence-corrected chi connectivity index (χ2v) is 5.25. The van der Waals surface area contributed by atoms with E-state index in [4.69, 9.17) is 0 Å². The molecule has 16 heavy (non-hydrogen) atoms. The number of carbonyl (C=O) groups is 1. The highest BCUT2D eigenvalue weighted by atomic mass is 32.2. The van der Waals surface area contributed by atoms with Crippen molar-refractivity contribution in [1.82, 2.24) is 4.98 Å². The fraction of sp³-hybridized carbons (Fsp3) is 0.538. The maximum absolute atomic E-state index is 10.7. The van der Waals surface area contributed by atoms with Crippen molar-refractivity contribution in [2.75, 3.05) is 5.75 Å². The third kappa shape index (κ3) is 5.31. The number of carbonyl (C=O) groups excluding carboxylic acids is 1. The molecule has 0 fully saturated rings. The first-order chi connectivity index (χ1) is 7.58. The van der Waals surface area contributed by atoms with Crippen LogP contribution in [0.1, 0.15) is 37.4 Å². The summed E-state index contributed by atoms with van der Waals surface area (Å²) in [6.45, 7) is 5.76. The van der Waals surface area contributed by atoms with Crippen LogP contribution in [0.5, 0.6) is 0 Å². The summed E-state index contributed by atoms with van der Waals surface area (Å²) in [7, 11) is 0. The largest absolute Gasteiger partial charge is 0.300 e. The van der Waals surface area contributed by atoms with Gasteiger partial charge in [0.25, 0.3) is 0 Å². The van der Waals surface area contributed by atoms with Crippen LogP contribution in [0.4, 0.5) is 0 Å². The van der Waals surface area contributed by atoms with Gasteiger partial charge in [0.05, 0.1) is 5.03 Å². The molecule has 0 aliphatic heterocycles. The molecule has 0 aliphatic carbocycles. The van der Waals surface area contributed by atoms with Crippen LogP contribution in [0.15, 0.2) is 17.2 Å². The molecule has 0 amide bonds. The number of aryl methyl sites for hydroxylation is 2. The third-order valence-corrected chi connectivity index (χ3v) is 3.25. The molecule has 88 valence electrons. The Kier molecular flexibility index (Phi) is 5.53. The molecule has 0 aromatic carbocycles. The van der Waals surface area contributed by atoms with Gasteiger partial charge in [0.1, 0.15) is 5.78 Å². The van der Waals surface area contributed by atoms with Gasteiger partial charge in [-0.3, -0.25) is 0 Å². The van der Waals surface area contributed by atoms with Crippen LogP contribution in [-0.2, 0) is 4.79 Å². The van der Waals surface area contributed by atoms with E-state index in [0.29, 0.717) is 6.42 Å². The van der Waals surface area contributed by atoms with Crippen molar-refractivity contribution in [3.63, 3.8) is 0 Å². The quantitative estimate of drug-likeness (QED) is 0.560. The van der Waals surface area contributed by atoms with E-state index in [9.17, 15) is 4.79 Å². The molecule has 3 heteroatoms. The van der Waals surface area contributed by atoms with Crippen LogP contribution in [0, 0.1) is 13.8 Å². The summed E-state index contributed by atoms with van der Waals surface area (Å²) in [6, 6.07) is 4.20. The van der Waals surface area contributed by atoms with Gasteiger partial charge >= 0.3 is 0 Å². The number of hydrogen-bond donors (Lipinski definition) is 0. The number of hydrogen-bond acceptors (Lipinski definition) is 3. The van der Waals surface area contributed by atoms with Gasteiger partial charge < -0.3 is 4.79 Å². The van der Waals surface area contributed by atoms with Crippen molar-refractivity contribution in [3.05, 3.63) is 23.4 Å². The molecule has 0 bridgehead atoms. The molecule has 0 spiro atoms. The number of unbranched alkanes of at least 4 members (excludes halogenated alkanes) is 1. The first-order valence-electron chi connectivity index (χ1n) is 5.65. The Morgan fingerprint density at radius 2 is 2.06 bits per heavy atom. The number of thioether (sulfide) groups is 1. The van der Waals surface area contributed by atoms with E-state index in [-0.39, 0.29) is 5.78 Å². The topological polar surface area (TPSA) is 30.0 Å². The molecule has 0 saturated heterocycles. The van der Waals surface area contributed by atoms with Crippen molar-refractivity contribution in [2.24, 2.45) is 0 Å². The van der Waals surface area contributed by atoms with E-state index >= 15 is 0 Å². The number of nitrogens with zero attached hydrogens (tertiary/aromatic N) is 1. The van der Waals surface area contributed by atoms with Crippen molar-refractivity contribution in [3.8, 4) is 0 Å². The second kappa shape index (κ2) is 6.69. The molecule has 0 unspecified atom stereocenters. The van der Waals surface area contributed by atoms with Crippen molar-refractivity contribution in [2.45, 2.75) is 45.1 Å². The Morgan fingerprint density at radius 3 is 2.69 bits per heavy atom. The minimum Gasteiger partial charge on any atom is -0.300 e. The minimum atomic E-state index is 0.287. The van der Waals surface area contributed by atoms with Crippen LogP contribution in [0.25, 0.3) is 0 Å². The summed E-state index contributed by atoms with van der Waals surface area (Å²) in [4.78, 5) is 15.2. The first-order valence-corrected chi connectivity index (χ1v) is 6.64. The van der Waals surface area contributed by atoms with Gasteiger partial charge in [-0.2, -0.15) is 0 Å². The van der Waals surface area contributed by atoms with Crippen molar-refractivity contribution >= 4 is 17.5 Å². The van der Waals surface area contributed by atoms with Gasteiger partial charge in [-0.05, 0) is 57.1 Å². The average molecular weight is 237 g/mol. The van der Waals surface area contributed by atoms with E-state index in [1.54, 1.807) is 18.7 Å². The van der Waals surface area contributed by atoms with Gasteiger partial charge in [-0.1, -0.05) is 0 Å². The Morgan fingerprint density at radius 1 is 1.31 bits per heavy atom. The smallest absolute Gasteiger partial charge is 0.129 e. The number of Topliss-reactive ketones (excluding diaryl/α,β-unsaturated/α-hetero) is 1. The molecule has 1 aromatic rings. The maximum Gasteiger partial charge on any atom is 0.129 e. The minimum absolute atomic E-state index is 0.287. The first kappa shape index (κ1) is 13.2. The molecule has 1 aromatic heterocycles. The molecule has 0 aliphatic rings. The number of pyridine rings is 1. The van der Waals surface area contributed by atoms with Crippen molar-refractivity contribution in [1.29, 1.82) is 0 Å². The van der Waals surface area contributed by atoms with Gasteiger partial charge in [0.15, 0.2) is 0 Å². The van der Waals surface area contributed by atoms with Gasteiger partial charge in [-0.15, -0.1) is 11.8 Å². The molecule has 0 saturated carbocycles. The lowest BCUT2D eigenvalue weighted by molar-refractivity contribution is -0.117. The van der Waals surface area contributed by atoms with Crippen molar-refractivity contribution < 1.29 is 4.79 Å². The zero-order valence-electron chi connectivity index (χ0n) is 10.2. The monoisotopic (exact) mass is 237 g/mol. The number of ketones is 1. The molecule has 0 N–H and O–H groups in total. The molecule has 0 radical (unpaired) electrons. The molecule has 1 heterocycles. The SMILES string of the molecule is CC(=O)CCCCSc1cc(C)cc(C)n1. The number of rotatable bonds is 6.